The molecule has 0 aliphatic rings. The fourth-order valence-corrected chi connectivity index (χ4v) is 3.87. The van der Waals surface area contributed by atoms with Crippen molar-refractivity contribution in [2.45, 2.75) is 24.7 Å². The molecule has 1 unspecified atom stereocenters. The largest absolute Gasteiger partial charge is 0.461 e. The van der Waals surface area contributed by atoms with Crippen LogP contribution in [0.1, 0.15) is 5.82 Å². The number of para-hydroxylation sites is 1. The van der Waals surface area contributed by atoms with Gasteiger partial charge in [-0.3, -0.25) is 4.57 Å². The molecule has 3 heterocycles. The Hall–Kier alpha value is -3.44. The molecule has 0 fully saturated rings. The van der Waals surface area contributed by atoms with E-state index in [1.807, 2.05) is 34.9 Å². The summed E-state index contributed by atoms with van der Waals surface area (Å²) in [4.78, 5) is 14.6. The maximum Gasteiger partial charge on any atom is 0.342 e. The van der Waals surface area contributed by atoms with Crippen molar-refractivity contribution < 1.29 is 14.4 Å². The standard InChI is InChI=1S/C19H18N6O4S/c1-13-20-10-17(25(27)28)23(13)11-15(26)12-30-19-22-21-18(16-8-5-9-29-16)24(19)14-6-3-2-4-7-14/h2-10,15,26H,11-12H2,1H3. The molecule has 4 aromatic rings. The van der Waals surface area contributed by atoms with Gasteiger partial charge in [0, 0.05) is 18.4 Å². The molecule has 0 aliphatic heterocycles. The minimum atomic E-state index is -0.852. The summed E-state index contributed by atoms with van der Waals surface area (Å²) in [5, 5.41) is 30.7. The van der Waals surface area contributed by atoms with Crippen molar-refractivity contribution in [1.29, 1.82) is 0 Å². The van der Waals surface area contributed by atoms with Gasteiger partial charge in [0.15, 0.2) is 16.7 Å². The summed E-state index contributed by atoms with van der Waals surface area (Å²) >= 11 is 1.30. The highest BCUT2D eigenvalue weighted by Gasteiger charge is 2.23. The van der Waals surface area contributed by atoms with Crippen molar-refractivity contribution in [2.75, 3.05) is 5.75 Å². The third-order valence-electron chi connectivity index (χ3n) is 4.41. The Bertz CT molecular complexity index is 1140. The molecule has 0 bridgehead atoms. The molecule has 0 saturated heterocycles. The van der Waals surface area contributed by atoms with Gasteiger partial charge in [-0.2, -0.15) is 0 Å². The second kappa shape index (κ2) is 8.51. The lowest BCUT2D eigenvalue weighted by atomic mass is 10.3. The highest BCUT2D eigenvalue weighted by Crippen LogP contribution is 2.28. The molecule has 0 saturated carbocycles. The molecule has 30 heavy (non-hydrogen) atoms. The molecule has 4 rings (SSSR count). The average Bonchev–Trinajstić information content (AvgIpc) is 3.47. The highest BCUT2D eigenvalue weighted by atomic mass is 32.2. The van der Waals surface area contributed by atoms with Crippen LogP contribution in [-0.4, -0.2) is 46.2 Å². The Morgan fingerprint density at radius 1 is 1.23 bits per heavy atom. The Kier molecular flexibility index (Phi) is 5.63. The minimum Gasteiger partial charge on any atom is -0.461 e. The van der Waals surface area contributed by atoms with Gasteiger partial charge in [-0.05, 0) is 29.2 Å². The van der Waals surface area contributed by atoms with Gasteiger partial charge >= 0.3 is 5.82 Å². The number of aliphatic hydroxyl groups is 1. The second-order valence-corrected chi connectivity index (χ2v) is 7.44. The number of aryl methyl sites for hydroxylation is 1. The number of hydrogen-bond donors (Lipinski definition) is 1. The normalized spacial score (nSPS) is 12.2. The monoisotopic (exact) mass is 426 g/mol. The van der Waals surface area contributed by atoms with Crippen LogP contribution in [-0.2, 0) is 6.54 Å². The lowest BCUT2D eigenvalue weighted by Crippen LogP contribution is -2.20. The zero-order valence-corrected chi connectivity index (χ0v) is 16.8. The van der Waals surface area contributed by atoms with Crippen LogP contribution in [0.5, 0.6) is 0 Å². The summed E-state index contributed by atoms with van der Waals surface area (Å²) in [5.41, 5.74) is 0.854. The first-order valence-corrected chi connectivity index (χ1v) is 10.0. The van der Waals surface area contributed by atoms with Crippen LogP contribution >= 0.6 is 11.8 Å². The number of rotatable bonds is 8. The number of benzene rings is 1. The summed E-state index contributed by atoms with van der Waals surface area (Å²) in [6, 6.07) is 13.2. The van der Waals surface area contributed by atoms with E-state index >= 15 is 0 Å². The molecule has 0 aliphatic carbocycles. The van der Waals surface area contributed by atoms with Gasteiger partial charge in [0.2, 0.25) is 5.82 Å². The number of nitro groups is 1. The third-order valence-corrected chi connectivity index (χ3v) is 5.48. The van der Waals surface area contributed by atoms with Crippen LogP contribution in [0.2, 0.25) is 0 Å². The van der Waals surface area contributed by atoms with Crippen molar-refractivity contribution >= 4 is 17.6 Å². The molecule has 1 N–H and O–H groups in total. The second-order valence-electron chi connectivity index (χ2n) is 6.45. The number of furan rings is 1. The molecular formula is C19H18N6O4S. The highest BCUT2D eigenvalue weighted by molar-refractivity contribution is 7.99. The predicted octanol–water partition coefficient (Wildman–Crippen LogP) is 3.09. The van der Waals surface area contributed by atoms with E-state index in [9.17, 15) is 15.2 Å². The Morgan fingerprint density at radius 3 is 2.73 bits per heavy atom. The van der Waals surface area contributed by atoms with Crippen molar-refractivity contribution in [3.63, 3.8) is 0 Å². The van der Waals surface area contributed by atoms with E-state index < -0.39 is 11.0 Å². The summed E-state index contributed by atoms with van der Waals surface area (Å²) < 4.78 is 8.72. The predicted molar refractivity (Wildman–Crippen MR) is 109 cm³/mol. The van der Waals surface area contributed by atoms with Gasteiger partial charge in [0.05, 0.1) is 6.26 Å². The van der Waals surface area contributed by atoms with Gasteiger partial charge in [-0.15, -0.1) is 10.2 Å². The minimum absolute atomic E-state index is 0.0552. The van der Waals surface area contributed by atoms with Crippen LogP contribution in [0.15, 0.2) is 64.5 Å². The van der Waals surface area contributed by atoms with Crippen LogP contribution in [0, 0.1) is 17.0 Å². The number of aromatic nitrogens is 5. The number of nitrogens with zero attached hydrogens (tertiary/aromatic N) is 6. The third kappa shape index (κ3) is 3.98. The number of hydrogen-bond acceptors (Lipinski definition) is 8. The average molecular weight is 426 g/mol. The van der Waals surface area contributed by atoms with Gasteiger partial charge in [0.25, 0.3) is 0 Å². The summed E-state index contributed by atoms with van der Waals surface area (Å²) in [7, 11) is 0. The summed E-state index contributed by atoms with van der Waals surface area (Å²) in [5.74, 6) is 1.70. The first-order valence-electron chi connectivity index (χ1n) is 9.06. The van der Waals surface area contributed by atoms with E-state index in [4.69, 9.17) is 4.42 Å². The molecule has 0 radical (unpaired) electrons. The topological polar surface area (TPSA) is 125 Å². The van der Waals surface area contributed by atoms with Gasteiger partial charge in [0.1, 0.15) is 18.8 Å². The lowest BCUT2D eigenvalue weighted by molar-refractivity contribution is -0.392. The van der Waals surface area contributed by atoms with E-state index in [-0.39, 0.29) is 18.1 Å². The SMILES string of the molecule is Cc1ncc([N+](=O)[O-])n1CC(O)CSc1nnc(-c2ccco2)n1-c1ccccc1. The van der Waals surface area contributed by atoms with Crippen molar-refractivity contribution in [1.82, 2.24) is 24.3 Å². The molecule has 154 valence electrons. The van der Waals surface area contributed by atoms with E-state index in [0.717, 1.165) is 5.69 Å². The Morgan fingerprint density at radius 2 is 2.03 bits per heavy atom. The zero-order valence-electron chi connectivity index (χ0n) is 16.0. The fraction of sp³-hybridized carbons (Fsp3) is 0.211. The van der Waals surface area contributed by atoms with Gasteiger partial charge in [-0.25, -0.2) is 9.55 Å². The Labute approximate surface area is 175 Å². The number of thioether (sulfide) groups is 1. The molecular weight excluding hydrogens is 408 g/mol. The quantitative estimate of drug-likeness (QED) is 0.259. The Balaban J connectivity index is 1.56. The van der Waals surface area contributed by atoms with Gasteiger partial charge in [-0.1, -0.05) is 30.0 Å². The van der Waals surface area contributed by atoms with E-state index in [0.29, 0.717) is 22.6 Å². The van der Waals surface area contributed by atoms with Crippen molar-refractivity contribution in [2.24, 2.45) is 0 Å². The van der Waals surface area contributed by atoms with Gasteiger partial charge < -0.3 is 19.6 Å². The van der Waals surface area contributed by atoms with Crippen LogP contribution in [0.25, 0.3) is 17.3 Å². The lowest BCUT2D eigenvalue weighted by Gasteiger charge is -2.12. The van der Waals surface area contributed by atoms with E-state index in [1.54, 1.807) is 25.3 Å². The van der Waals surface area contributed by atoms with E-state index in [2.05, 4.69) is 15.2 Å². The summed E-state index contributed by atoms with van der Waals surface area (Å²) in [6.45, 7) is 1.72. The van der Waals surface area contributed by atoms with E-state index in [1.165, 1.54) is 22.5 Å². The molecule has 0 spiro atoms. The first-order chi connectivity index (χ1) is 14.5. The number of aliphatic hydroxyl groups excluding tert-OH is 1. The van der Waals surface area contributed by atoms with Crippen molar-refractivity contribution in [3.8, 4) is 17.3 Å². The maximum absolute atomic E-state index is 11.1. The van der Waals surface area contributed by atoms with Crippen molar-refractivity contribution in [3.05, 3.63) is 70.9 Å². The maximum atomic E-state index is 11.1. The zero-order chi connectivity index (χ0) is 21.1. The fourth-order valence-electron chi connectivity index (χ4n) is 3.00. The number of imidazole rings is 1. The molecule has 0 amide bonds. The molecule has 1 atom stereocenters. The van der Waals surface area contributed by atoms with Crippen LogP contribution in [0.3, 0.4) is 0 Å². The molecule has 10 nitrogen and oxygen atoms in total. The molecule has 1 aromatic carbocycles. The first kappa shape index (κ1) is 19.9. The molecule has 11 heteroatoms. The van der Waals surface area contributed by atoms with Crippen LogP contribution < -0.4 is 0 Å². The molecule has 3 aromatic heterocycles. The van der Waals surface area contributed by atoms with Crippen LogP contribution in [0.4, 0.5) is 5.82 Å². The smallest absolute Gasteiger partial charge is 0.342 e. The summed E-state index contributed by atoms with van der Waals surface area (Å²) in [6.07, 6.45) is 1.90.